The fourth-order valence-electron chi connectivity index (χ4n) is 0.330. The number of thioether (sulfide) groups is 1. The Bertz CT molecular complexity index is 106. The van der Waals surface area contributed by atoms with Gasteiger partial charge in [-0.3, -0.25) is 0 Å². The van der Waals surface area contributed by atoms with Crippen molar-refractivity contribution in [1.29, 1.82) is 0 Å². The molecule has 0 aliphatic rings. The molecule has 0 aromatic heterocycles. The second kappa shape index (κ2) is 6.04. The smallest absolute Gasteiger partial charge is 0.125 e. The first-order chi connectivity index (χ1) is 4.68. The van der Waals surface area contributed by atoms with E-state index < -0.39 is 11.5 Å². The predicted molar refractivity (Wildman–Crippen MR) is 45.1 cm³/mol. The molecule has 0 saturated heterocycles. The minimum Gasteiger partial charge on any atom is -0.390 e. The summed E-state index contributed by atoms with van der Waals surface area (Å²) < 4.78 is 0. The topological polar surface area (TPSA) is 40.5 Å². The van der Waals surface area contributed by atoms with Crippen LogP contribution < -0.4 is 0 Å². The van der Waals surface area contributed by atoms with Crippen LogP contribution in [0.5, 0.6) is 0 Å². The summed E-state index contributed by atoms with van der Waals surface area (Å²) in [7, 11) is 0. The second-order valence-corrected chi connectivity index (χ2v) is 3.23. The quantitative estimate of drug-likeness (QED) is 0.642. The molecule has 0 radical (unpaired) electrons. The largest absolute Gasteiger partial charge is 0.390 e. The van der Waals surface area contributed by atoms with Crippen molar-refractivity contribution in [3.63, 3.8) is 0 Å². The Morgan fingerprint density at radius 1 is 1.60 bits per heavy atom. The number of halogens is 1. The summed E-state index contributed by atoms with van der Waals surface area (Å²) in [4.78, 5) is 0. The SMILES string of the molecule is CC(O)C(O)SCC=CCl. The van der Waals surface area contributed by atoms with Crippen LogP contribution in [-0.2, 0) is 0 Å². The second-order valence-electron chi connectivity index (χ2n) is 1.83. The monoisotopic (exact) mass is 182 g/mol. The molecule has 4 heteroatoms. The van der Waals surface area contributed by atoms with Gasteiger partial charge in [-0.05, 0) is 6.92 Å². The van der Waals surface area contributed by atoms with Crippen LogP contribution in [0.25, 0.3) is 0 Å². The summed E-state index contributed by atoms with van der Waals surface area (Å²) in [5, 5.41) is 17.8. The lowest BCUT2D eigenvalue weighted by molar-refractivity contribution is 0.0875. The van der Waals surface area contributed by atoms with Gasteiger partial charge in [0, 0.05) is 11.3 Å². The van der Waals surface area contributed by atoms with Gasteiger partial charge in [0.2, 0.25) is 0 Å². The van der Waals surface area contributed by atoms with Gasteiger partial charge in [0.15, 0.2) is 0 Å². The van der Waals surface area contributed by atoms with E-state index in [1.54, 1.807) is 13.0 Å². The average Bonchev–Trinajstić information content (AvgIpc) is 1.88. The Morgan fingerprint density at radius 3 is 2.60 bits per heavy atom. The highest BCUT2D eigenvalue weighted by atomic mass is 35.5. The Morgan fingerprint density at radius 2 is 2.20 bits per heavy atom. The highest BCUT2D eigenvalue weighted by Crippen LogP contribution is 2.11. The van der Waals surface area contributed by atoms with Crippen LogP contribution in [0.1, 0.15) is 6.92 Å². The number of aliphatic hydroxyl groups is 2. The molecule has 2 atom stereocenters. The summed E-state index contributed by atoms with van der Waals surface area (Å²) in [6.45, 7) is 1.54. The summed E-state index contributed by atoms with van der Waals surface area (Å²) in [5.41, 5.74) is 0.676. The number of hydrogen-bond acceptors (Lipinski definition) is 3. The van der Waals surface area contributed by atoms with Gasteiger partial charge < -0.3 is 10.2 Å². The highest BCUT2D eigenvalue weighted by Gasteiger charge is 2.08. The van der Waals surface area contributed by atoms with Crippen molar-refractivity contribution in [1.82, 2.24) is 0 Å². The van der Waals surface area contributed by atoms with E-state index in [9.17, 15) is 0 Å². The molecule has 0 heterocycles. The van der Waals surface area contributed by atoms with Gasteiger partial charge in [-0.2, -0.15) is 0 Å². The number of rotatable bonds is 4. The molecule has 0 aliphatic heterocycles. The maximum atomic E-state index is 8.99. The lowest BCUT2D eigenvalue weighted by atomic mass is 10.4. The molecule has 0 aromatic rings. The molecule has 2 N–H and O–H groups in total. The van der Waals surface area contributed by atoms with Crippen LogP contribution in [0, 0.1) is 0 Å². The lowest BCUT2D eigenvalue weighted by Crippen LogP contribution is -2.18. The molecule has 0 saturated carbocycles. The number of aliphatic hydroxyl groups excluding tert-OH is 2. The van der Waals surface area contributed by atoms with Crippen molar-refractivity contribution < 1.29 is 10.2 Å². The first-order valence-electron chi connectivity index (χ1n) is 2.91. The molecular formula is C6H11ClO2S. The molecule has 0 spiro atoms. The van der Waals surface area contributed by atoms with Gasteiger partial charge in [0.25, 0.3) is 0 Å². The van der Waals surface area contributed by atoms with Crippen LogP contribution in [0.4, 0.5) is 0 Å². The Hall–Kier alpha value is 0.300. The molecule has 10 heavy (non-hydrogen) atoms. The minimum atomic E-state index is -0.715. The molecule has 60 valence electrons. The third-order valence-corrected chi connectivity index (χ3v) is 2.16. The van der Waals surface area contributed by atoms with Crippen molar-refractivity contribution in [3.05, 3.63) is 11.6 Å². The summed E-state index contributed by atoms with van der Waals surface area (Å²) in [6.07, 6.45) is 1.02. The van der Waals surface area contributed by atoms with Gasteiger partial charge in [-0.1, -0.05) is 17.7 Å². The Kier molecular flexibility index (Phi) is 6.22. The summed E-state index contributed by atoms with van der Waals surface area (Å²) in [5.74, 6) is 0.621. The lowest BCUT2D eigenvalue weighted by Gasteiger charge is -2.10. The third kappa shape index (κ3) is 5.11. The van der Waals surface area contributed by atoms with E-state index in [0.29, 0.717) is 5.75 Å². The zero-order valence-corrected chi connectivity index (χ0v) is 7.27. The number of hydrogen-bond donors (Lipinski definition) is 2. The molecule has 0 fully saturated rings. The maximum Gasteiger partial charge on any atom is 0.125 e. The summed E-state index contributed by atoms with van der Waals surface area (Å²) >= 11 is 6.47. The van der Waals surface area contributed by atoms with Gasteiger partial charge in [0.1, 0.15) is 5.44 Å². The van der Waals surface area contributed by atoms with Gasteiger partial charge in [-0.25, -0.2) is 0 Å². The van der Waals surface area contributed by atoms with E-state index in [2.05, 4.69) is 0 Å². The fourth-order valence-corrected chi connectivity index (χ4v) is 1.21. The fraction of sp³-hybridized carbons (Fsp3) is 0.667. The minimum absolute atomic E-state index is 0.621. The first-order valence-corrected chi connectivity index (χ1v) is 4.40. The van der Waals surface area contributed by atoms with E-state index in [4.69, 9.17) is 21.8 Å². The normalized spacial score (nSPS) is 17.6. The van der Waals surface area contributed by atoms with Crippen LogP contribution >= 0.6 is 23.4 Å². The van der Waals surface area contributed by atoms with E-state index in [0.717, 1.165) is 0 Å². The van der Waals surface area contributed by atoms with Crippen LogP contribution in [-0.4, -0.2) is 27.5 Å². The highest BCUT2D eigenvalue weighted by molar-refractivity contribution is 7.99. The van der Waals surface area contributed by atoms with E-state index in [-0.39, 0.29) is 0 Å². The maximum absolute atomic E-state index is 8.99. The van der Waals surface area contributed by atoms with Crippen molar-refractivity contribution >= 4 is 23.4 Å². The zero-order chi connectivity index (χ0) is 7.98. The van der Waals surface area contributed by atoms with E-state index >= 15 is 0 Å². The molecule has 0 rings (SSSR count). The van der Waals surface area contributed by atoms with Crippen LogP contribution in [0.2, 0.25) is 0 Å². The molecule has 2 nitrogen and oxygen atoms in total. The Labute approximate surface area is 69.9 Å². The van der Waals surface area contributed by atoms with Crippen LogP contribution in [0.3, 0.4) is 0 Å². The zero-order valence-electron chi connectivity index (χ0n) is 5.70. The first kappa shape index (κ1) is 10.3. The average molecular weight is 183 g/mol. The Balaban J connectivity index is 3.30. The molecule has 0 aromatic carbocycles. The van der Waals surface area contributed by atoms with Crippen molar-refractivity contribution in [2.24, 2.45) is 0 Å². The third-order valence-electron chi connectivity index (χ3n) is 0.865. The van der Waals surface area contributed by atoms with Crippen molar-refractivity contribution in [3.8, 4) is 0 Å². The molecular weight excluding hydrogens is 172 g/mol. The van der Waals surface area contributed by atoms with Crippen molar-refractivity contribution in [2.75, 3.05) is 5.75 Å². The van der Waals surface area contributed by atoms with Crippen molar-refractivity contribution in [2.45, 2.75) is 18.5 Å². The molecule has 0 aliphatic carbocycles. The molecule has 2 unspecified atom stereocenters. The van der Waals surface area contributed by atoms with E-state index in [1.807, 2.05) is 0 Å². The predicted octanol–water partition coefficient (Wildman–Crippen LogP) is 1.17. The van der Waals surface area contributed by atoms with Gasteiger partial charge in [0.05, 0.1) is 6.10 Å². The standard InChI is InChI=1S/C6H11ClO2S/c1-5(8)6(9)10-4-2-3-7/h2-3,5-6,8-9H,4H2,1H3. The van der Waals surface area contributed by atoms with Gasteiger partial charge >= 0.3 is 0 Å². The summed E-state index contributed by atoms with van der Waals surface area (Å²) in [6, 6.07) is 0. The van der Waals surface area contributed by atoms with Gasteiger partial charge in [-0.15, -0.1) is 11.8 Å². The van der Waals surface area contributed by atoms with Crippen LogP contribution in [0.15, 0.2) is 11.6 Å². The van der Waals surface area contributed by atoms with E-state index in [1.165, 1.54) is 17.3 Å². The molecule has 0 amide bonds. The molecule has 0 bridgehead atoms.